The van der Waals surface area contributed by atoms with Crippen LogP contribution < -0.4 is 26.6 Å². The summed E-state index contributed by atoms with van der Waals surface area (Å²) in [5.41, 5.74) is 4.30. The number of oxazole rings is 1. The number of urea groups is 1. The number of amides is 6. The van der Waals surface area contributed by atoms with Gasteiger partial charge in [0.05, 0.1) is 42.7 Å². The number of likely N-dealkylation sites (tertiary alicyclic amines) is 1. The molecule has 8 rings (SSSR count). The normalized spacial score (nSPS) is 17.4. The number of aromatic nitrogens is 4. The molecule has 5 aromatic rings. The third-order valence-electron chi connectivity index (χ3n) is 11.8. The molecular weight excluding hydrogens is 795 g/mol. The van der Waals surface area contributed by atoms with E-state index in [0.29, 0.717) is 54.9 Å². The molecule has 62 heavy (non-hydrogen) atoms. The predicted octanol–water partition coefficient (Wildman–Crippen LogP) is 5.14. The standard InChI is InChI=1S/C44H51N11O7/c1-4-28(24-56)49-35-19-36(55-40(51-35)32(23-48-55)25(2)3)46-20-27-8-10-29(11-9-27)50-44(61)53-16-14-26(15-17-53)18-38-47-22-30(62-38)21-45-33-7-5-6-31-39(33)43(60)54(42(31)59)34-12-13-37(57)52-41(34)58/h5-11,19,22-23,25-26,28,34,45-46,56H,4,12-18,20-21,24H2,1-3H3,(H,49,51)(H,50,61)(H,52,57,58)/t28-,34?/m0/s1. The van der Waals surface area contributed by atoms with Crippen LogP contribution in [0.5, 0.6) is 0 Å². The largest absolute Gasteiger partial charge is 0.444 e. The molecule has 18 heteroatoms. The number of nitrogens with one attached hydrogen (secondary N) is 5. The molecular formula is C44H51N11O7. The highest BCUT2D eigenvalue weighted by Gasteiger charge is 2.45. The predicted molar refractivity (Wildman–Crippen MR) is 230 cm³/mol. The van der Waals surface area contributed by atoms with E-state index in [9.17, 15) is 29.1 Å². The Bertz CT molecular complexity index is 2490. The number of fused-ring (bicyclic) bond motifs is 2. The molecule has 3 aliphatic rings. The van der Waals surface area contributed by atoms with Gasteiger partial charge in [-0.05, 0) is 67.3 Å². The Hall–Kier alpha value is -6.82. The molecule has 324 valence electrons. The van der Waals surface area contributed by atoms with Crippen molar-refractivity contribution in [3.05, 3.63) is 94.8 Å². The fourth-order valence-electron chi connectivity index (χ4n) is 8.13. The Kier molecular flexibility index (Phi) is 12.2. The topological polar surface area (TPSA) is 228 Å². The van der Waals surface area contributed by atoms with Gasteiger partial charge in [0.25, 0.3) is 11.8 Å². The average Bonchev–Trinajstić information content (AvgIpc) is 3.98. The number of nitrogens with zero attached hydrogens (tertiary/aromatic N) is 6. The Morgan fingerprint density at radius 1 is 0.984 bits per heavy atom. The van der Waals surface area contributed by atoms with E-state index in [2.05, 4.69) is 50.5 Å². The van der Waals surface area contributed by atoms with Crippen molar-refractivity contribution in [2.24, 2.45) is 5.92 Å². The van der Waals surface area contributed by atoms with E-state index in [1.165, 1.54) is 0 Å². The van der Waals surface area contributed by atoms with Crippen molar-refractivity contribution < 1.29 is 33.5 Å². The van der Waals surface area contributed by atoms with Crippen molar-refractivity contribution in [1.82, 2.24) is 34.7 Å². The SMILES string of the molecule is CC[C@@H](CO)Nc1cc(NCc2ccc(NC(=O)N3CCC(Cc4ncc(CNc5cccc6c5C(=O)N(C5CCC(=O)NC5=O)C6=O)o4)CC3)cc2)n2ncc(C(C)C)c2n1. The molecule has 3 aromatic heterocycles. The van der Waals surface area contributed by atoms with Crippen LogP contribution >= 0.6 is 0 Å². The van der Waals surface area contributed by atoms with Crippen LogP contribution in [0, 0.1) is 5.92 Å². The summed E-state index contributed by atoms with van der Waals surface area (Å²) in [4.78, 5) is 76.0. The molecule has 0 radical (unpaired) electrons. The van der Waals surface area contributed by atoms with Gasteiger partial charge in [0, 0.05) is 55.5 Å². The Morgan fingerprint density at radius 3 is 2.50 bits per heavy atom. The van der Waals surface area contributed by atoms with E-state index in [1.54, 1.807) is 28.9 Å². The van der Waals surface area contributed by atoms with Crippen molar-refractivity contribution in [3.8, 4) is 0 Å². The van der Waals surface area contributed by atoms with E-state index in [-0.39, 0.29) is 61.0 Å². The third-order valence-corrected chi connectivity index (χ3v) is 11.8. The second-order valence-electron chi connectivity index (χ2n) is 16.3. The summed E-state index contributed by atoms with van der Waals surface area (Å²) in [5.74, 6) is 0.833. The second kappa shape index (κ2) is 18.0. The lowest BCUT2D eigenvalue weighted by molar-refractivity contribution is -0.136. The molecule has 1 unspecified atom stereocenters. The van der Waals surface area contributed by atoms with E-state index in [4.69, 9.17) is 9.40 Å². The van der Waals surface area contributed by atoms with Crippen LogP contribution in [-0.4, -0.2) is 95.9 Å². The number of benzene rings is 2. The summed E-state index contributed by atoms with van der Waals surface area (Å²) in [7, 11) is 0. The number of imide groups is 2. The number of anilines is 4. The van der Waals surface area contributed by atoms with Gasteiger partial charge in [-0.25, -0.2) is 14.8 Å². The molecule has 2 fully saturated rings. The van der Waals surface area contributed by atoms with Crippen LogP contribution in [0.3, 0.4) is 0 Å². The molecule has 2 aromatic carbocycles. The maximum Gasteiger partial charge on any atom is 0.321 e. The quantitative estimate of drug-likeness (QED) is 0.0752. The zero-order chi connectivity index (χ0) is 43.5. The summed E-state index contributed by atoms with van der Waals surface area (Å²) >= 11 is 0. The van der Waals surface area contributed by atoms with Crippen LogP contribution in [0.1, 0.15) is 102 Å². The zero-order valence-corrected chi connectivity index (χ0v) is 34.9. The molecule has 6 N–H and O–H groups in total. The number of aliphatic hydroxyl groups is 1. The molecule has 2 atom stereocenters. The lowest BCUT2D eigenvalue weighted by Gasteiger charge is -2.31. The van der Waals surface area contributed by atoms with Gasteiger partial charge in [-0.15, -0.1) is 0 Å². The van der Waals surface area contributed by atoms with Gasteiger partial charge < -0.3 is 35.7 Å². The molecule has 0 aliphatic carbocycles. The molecule has 0 bridgehead atoms. The van der Waals surface area contributed by atoms with E-state index in [1.807, 2.05) is 48.4 Å². The Labute approximate surface area is 357 Å². The molecule has 0 saturated carbocycles. The van der Waals surface area contributed by atoms with Crippen molar-refractivity contribution >= 4 is 58.3 Å². The minimum absolute atomic E-state index is 0.00436. The van der Waals surface area contributed by atoms with E-state index < -0.39 is 29.7 Å². The molecule has 6 amide bonds. The van der Waals surface area contributed by atoms with Crippen LogP contribution in [0.15, 0.2) is 65.3 Å². The van der Waals surface area contributed by atoms with Crippen LogP contribution in [0.25, 0.3) is 5.65 Å². The summed E-state index contributed by atoms with van der Waals surface area (Å²) in [5, 5.41) is 29.6. The fourth-order valence-corrected chi connectivity index (χ4v) is 8.13. The van der Waals surface area contributed by atoms with Crippen molar-refractivity contribution in [1.29, 1.82) is 0 Å². The molecule has 2 saturated heterocycles. The van der Waals surface area contributed by atoms with Crippen LogP contribution in [0.2, 0.25) is 0 Å². The van der Waals surface area contributed by atoms with Crippen molar-refractivity contribution in [3.63, 3.8) is 0 Å². The minimum atomic E-state index is -1.04. The fraction of sp³-hybridized carbons (Fsp3) is 0.409. The first-order valence-corrected chi connectivity index (χ1v) is 21.2. The van der Waals surface area contributed by atoms with Gasteiger partial charge in [0.2, 0.25) is 11.8 Å². The highest BCUT2D eigenvalue weighted by atomic mass is 16.4. The average molecular weight is 846 g/mol. The number of hydrogen-bond acceptors (Lipinski definition) is 13. The highest BCUT2D eigenvalue weighted by Crippen LogP contribution is 2.33. The van der Waals surface area contributed by atoms with E-state index >= 15 is 0 Å². The maximum atomic E-state index is 13.4. The summed E-state index contributed by atoms with van der Waals surface area (Å²) < 4.78 is 7.84. The summed E-state index contributed by atoms with van der Waals surface area (Å²) in [6.45, 7) is 8.14. The van der Waals surface area contributed by atoms with Gasteiger partial charge in [0.1, 0.15) is 23.4 Å². The van der Waals surface area contributed by atoms with Gasteiger partial charge in [-0.2, -0.15) is 9.61 Å². The van der Waals surface area contributed by atoms with Gasteiger partial charge in [0.15, 0.2) is 11.5 Å². The van der Waals surface area contributed by atoms with Crippen LogP contribution in [-0.2, 0) is 29.1 Å². The van der Waals surface area contributed by atoms with Crippen molar-refractivity contribution in [2.45, 2.75) is 90.4 Å². The van der Waals surface area contributed by atoms with Gasteiger partial charge in [-0.1, -0.05) is 39.0 Å². The van der Waals surface area contributed by atoms with Gasteiger partial charge >= 0.3 is 6.03 Å². The first-order valence-electron chi connectivity index (χ1n) is 21.2. The monoisotopic (exact) mass is 845 g/mol. The third kappa shape index (κ3) is 8.81. The molecule has 0 spiro atoms. The first kappa shape index (κ1) is 41.9. The Balaban J connectivity index is 0.801. The number of hydrogen-bond donors (Lipinski definition) is 6. The van der Waals surface area contributed by atoms with Gasteiger partial charge in [-0.3, -0.25) is 29.4 Å². The Morgan fingerprint density at radius 2 is 1.77 bits per heavy atom. The smallest absolute Gasteiger partial charge is 0.321 e. The molecule has 6 heterocycles. The lowest BCUT2D eigenvalue weighted by atomic mass is 9.94. The number of carbonyl (C=O) groups excluding carboxylic acids is 5. The van der Waals surface area contributed by atoms with E-state index in [0.717, 1.165) is 46.8 Å². The summed E-state index contributed by atoms with van der Waals surface area (Å²) in [6.07, 6.45) is 6.55. The zero-order valence-electron chi connectivity index (χ0n) is 34.9. The van der Waals surface area contributed by atoms with Crippen LogP contribution in [0.4, 0.5) is 27.8 Å². The lowest BCUT2D eigenvalue weighted by Crippen LogP contribution is -2.54. The number of rotatable bonds is 15. The minimum Gasteiger partial charge on any atom is -0.444 e. The second-order valence-corrected chi connectivity index (χ2v) is 16.3. The molecule has 18 nitrogen and oxygen atoms in total. The molecule has 3 aliphatic heterocycles. The highest BCUT2D eigenvalue weighted by molar-refractivity contribution is 6.25. The number of carbonyl (C=O) groups is 5. The summed E-state index contributed by atoms with van der Waals surface area (Å²) in [6, 6.07) is 13.2. The number of piperidine rings is 2. The number of aliphatic hydroxyl groups excluding tert-OH is 1. The van der Waals surface area contributed by atoms with Crippen molar-refractivity contribution in [2.75, 3.05) is 41.0 Å². The maximum absolute atomic E-state index is 13.4. The first-order chi connectivity index (χ1) is 30.0.